The van der Waals surface area contributed by atoms with E-state index in [-0.39, 0.29) is 18.3 Å². The molecule has 6 nitrogen and oxygen atoms in total. The maximum atomic E-state index is 12.1. The molecule has 0 atom stereocenters. The van der Waals surface area contributed by atoms with Crippen LogP contribution in [-0.4, -0.2) is 27.7 Å². The summed E-state index contributed by atoms with van der Waals surface area (Å²) in [5.41, 5.74) is 5.35. The maximum absolute atomic E-state index is 12.1. The first-order chi connectivity index (χ1) is 12.3. The van der Waals surface area contributed by atoms with E-state index < -0.39 is 11.9 Å². The lowest BCUT2D eigenvalue weighted by Gasteiger charge is -2.19. The minimum atomic E-state index is -0.914. The molecule has 0 radical (unpaired) electrons. The molecule has 0 bridgehead atoms. The molecule has 0 aliphatic heterocycles. The van der Waals surface area contributed by atoms with E-state index in [4.69, 9.17) is 5.11 Å². The van der Waals surface area contributed by atoms with Crippen LogP contribution in [0, 0.1) is 0 Å². The third-order valence-corrected chi connectivity index (χ3v) is 3.88. The first-order valence-electron chi connectivity index (χ1n) is 8.37. The van der Waals surface area contributed by atoms with Crippen molar-refractivity contribution in [1.82, 2.24) is 10.4 Å². The van der Waals surface area contributed by atoms with E-state index in [0.717, 1.165) is 5.56 Å². The molecule has 0 saturated carbocycles. The molecule has 2 aromatic rings. The highest BCUT2D eigenvalue weighted by molar-refractivity contribution is 6.03. The number of benzene rings is 1. The molecule has 26 heavy (non-hydrogen) atoms. The number of carbonyl (C=O) groups excluding carboxylic acids is 1. The number of hydrazone groups is 1. The van der Waals surface area contributed by atoms with Gasteiger partial charge in [0.1, 0.15) is 0 Å². The van der Waals surface area contributed by atoms with Crippen LogP contribution in [-0.2, 0) is 10.2 Å². The fourth-order valence-corrected chi connectivity index (χ4v) is 2.33. The Balaban J connectivity index is 2.22. The lowest BCUT2D eigenvalue weighted by Crippen LogP contribution is -2.21. The number of aromatic nitrogens is 1. The summed E-state index contributed by atoms with van der Waals surface area (Å²) in [6.45, 7) is 6.36. The van der Waals surface area contributed by atoms with Crippen LogP contribution >= 0.6 is 0 Å². The minimum Gasteiger partial charge on any atom is -0.481 e. The van der Waals surface area contributed by atoms with Crippen molar-refractivity contribution >= 4 is 17.6 Å². The van der Waals surface area contributed by atoms with Crippen molar-refractivity contribution in [1.29, 1.82) is 0 Å². The molecule has 1 heterocycles. The number of carboxylic acids is 1. The van der Waals surface area contributed by atoms with Gasteiger partial charge in [0.05, 0.1) is 17.7 Å². The second-order valence-electron chi connectivity index (χ2n) is 6.96. The molecule has 2 N–H and O–H groups in total. The predicted octanol–water partition coefficient (Wildman–Crippen LogP) is 3.38. The normalized spacial score (nSPS) is 11.9. The lowest BCUT2D eigenvalue weighted by atomic mass is 9.86. The van der Waals surface area contributed by atoms with Crippen LogP contribution in [0.25, 0.3) is 0 Å². The average molecular weight is 353 g/mol. The molecular formula is C20H23N3O3. The quantitative estimate of drug-likeness (QED) is 0.615. The predicted molar refractivity (Wildman–Crippen MR) is 100 cm³/mol. The van der Waals surface area contributed by atoms with Crippen molar-refractivity contribution in [2.75, 3.05) is 0 Å². The second kappa shape index (κ2) is 8.38. The average Bonchev–Trinajstić information content (AvgIpc) is 2.61. The van der Waals surface area contributed by atoms with Gasteiger partial charge < -0.3 is 5.11 Å². The number of aliphatic carboxylic acids is 1. The minimum absolute atomic E-state index is 0.0193. The van der Waals surface area contributed by atoms with E-state index in [1.807, 2.05) is 24.3 Å². The molecule has 136 valence electrons. The Hall–Kier alpha value is -3.02. The van der Waals surface area contributed by atoms with E-state index in [0.29, 0.717) is 11.3 Å². The highest BCUT2D eigenvalue weighted by Gasteiger charge is 2.15. The summed E-state index contributed by atoms with van der Waals surface area (Å²) < 4.78 is 0. The van der Waals surface area contributed by atoms with Gasteiger partial charge in [0.15, 0.2) is 0 Å². The van der Waals surface area contributed by atoms with Crippen LogP contribution in [0.1, 0.15) is 55.1 Å². The van der Waals surface area contributed by atoms with Crippen LogP contribution in [0.4, 0.5) is 0 Å². The molecular weight excluding hydrogens is 330 g/mol. The number of hydrogen-bond donors (Lipinski definition) is 2. The van der Waals surface area contributed by atoms with Crippen molar-refractivity contribution in [2.24, 2.45) is 5.10 Å². The topological polar surface area (TPSA) is 91.6 Å². The Morgan fingerprint density at radius 2 is 1.77 bits per heavy atom. The van der Waals surface area contributed by atoms with E-state index in [1.54, 1.807) is 18.3 Å². The molecule has 2 rings (SSSR count). The van der Waals surface area contributed by atoms with Crippen molar-refractivity contribution in [3.05, 3.63) is 65.5 Å². The van der Waals surface area contributed by atoms with Crippen LogP contribution in [0.15, 0.2) is 53.9 Å². The van der Waals surface area contributed by atoms with Crippen molar-refractivity contribution in [3.8, 4) is 0 Å². The smallest absolute Gasteiger partial charge is 0.303 e. The molecule has 0 saturated heterocycles. The largest absolute Gasteiger partial charge is 0.481 e. The summed E-state index contributed by atoms with van der Waals surface area (Å²) in [5.74, 6) is -1.31. The van der Waals surface area contributed by atoms with Gasteiger partial charge in [-0.1, -0.05) is 45.0 Å². The van der Waals surface area contributed by atoms with Crippen molar-refractivity contribution in [2.45, 2.75) is 39.0 Å². The molecule has 6 heteroatoms. The van der Waals surface area contributed by atoms with Gasteiger partial charge in [-0.25, -0.2) is 5.43 Å². The summed E-state index contributed by atoms with van der Waals surface area (Å²) in [5, 5.41) is 13.1. The third-order valence-electron chi connectivity index (χ3n) is 3.88. The maximum Gasteiger partial charge on any atom is 0.303 e. The van der Waals surface area contributed by atoms with Gasteiger partial charge in [0.2, 0.25) is 0 Å². The summed E-state index contributed by atoms with van der Waals surface area (Å²) >= 11 is 0. The zero-order chi connectivity index (χ0) is 19.2. The molecule has 1 aromatic carbocycles. The number of pyridine rings is 1. The molecule has 0 unspecified atom stereocenters. The number of nitrogens with zero attached hydrogens (tertiary/aromatic N) is 2. The van der Waals surface area contributed by atoms with Gasteiger partial charge in [0.25, 0.3) is 5.91 Å². The number of carbonyl (C=O) groups is 2. The first kappa shape index (κ1) is 19.3. The second-order valence-corrected chi connectivity index (χ2v) is 6.96. The first-order valence-corrected chi connectivity index (χ1v) is 8.37. The van der Waals surface area contributed by atoms with Crippen molar-refractivity contribution in [3.63, 3.8) is 0 Å². The number of hydrogen-bond acceptors (Lipinski definition) is 4. The molecule has 0 aliphatic carbocycles. The van der Waals surface area contributed by atoms with E-state index >= 15 is 0 Å². The molecule has 0 aliphatic rings. The van der Waals surface area contributed by atoms with E-state index in [9.17, 15) is 9.59 Å². The number of rotatable bonds is 6. The SMILES string of the molecule is CC(C)(C)c1ccc(C(CCC(=O)O)=NNC(=O)c2cccnc2)cc1. The highest BCUT2D eigenvalue weighted by Crippen LogP contribution is 2.22. The molecule has 0 fully saturated rings. The third kappa shape index (κ3) is 5.51. The van der Waals surface area contributed by atoms with Gasteiger partial charge in [-0.2, -0.15) is 5.10 Å². The number of nitrogens with one attached hydrogen (secondary N) is 1. The Kier molecular flexibility index (Phi) is 6.22. The molecule has 1 aromatic heterocycles. The Morgan fingerprint density at radius 3 is 2.31 bits per heavy atom. The fourth-order valence-electron chi connectivity index (χ4n) is 2.33. The standard InChI is InChI=1S/C20H23N3O3/c1-20(2,3)16-8-6-14(7-9-16)17(10-11-18(24)25)22-23-19(26)15-5-4-12-21-13-15/h4-9,12-13H,10-11H2,1-3H3,(H,23,26)(H,24,25). The van der Waals surface area contributed by atoms with Gasteiger partial charge >= 0.3 is 5.97 Å². The van der Waals surface area contributed by atoms with Crippen molar-refractivity contribution < 1.29 is 14.7 Å². The summed E-state index contributed by atoms with van der Waals surface area (Å²) in [6.07, 6.45) is 3.18. The zero-order valence-electron chi connectivity index (χ0n) is 15.2. The zero-order valence-corrected chi connectivity index (χ0v) is 15.2. The van der Waals surface area contributed by atoms with Crippen LogP contribution < -0.4 is 5.43 Å². The highest BCUT2D eigenvalue weighted by atomic mass is 16.4. The van der Waals surface area contributed by atoms with Gasteiger partial charge in [-0.3, -0.25) is 14.6 Å². The Bertz CT molecular complexity index is 791. The Morgan fingerprint density at radius 1 is 1.08 bits per heavy atom. The van der Waals surface area contributed by atoms with E-state index in [1.165, 1.54) is 11.8 Å². The van der Waals surface area contributed by atoms with Gasteiger partial charge in [0, 0.05) is 18.8 Å². The summed E-state index contributed by atoms with van der Waals surface area (Å²) in [7, 11) is 0. The van der Waals surface area contributed by atoms with Gasteiger partial charge in [-0.15, -0.1) is 0 Å². The van der Waals surface area contributed by atoms with Gasteiger partial charge in [-0.05, 0) is 28.7 Å². The summed E-state index contributed by atoms with van der Waals surface area (Å²) in [6, 6.07) is 11.1. The van der Waals surface area contributed by atoms with Crippen LogP contribution in [0.5, 0.6) is 0 Å². The summed E-state index contributed by atoms with van der Waals surface area (Å²) in [4.78, 5) is 27.0. The van der Waals surface area contributed by atoms with Crippen LogP contribution in [0.2, 0.25) is 0 Å². The number of carboxylic acid groups (broad SMARTS) is 1. The van der Waals surface area contributed by atoms with E-state index in [2.05, 4.69) is 36.3 Å². The monoisotopic (exact) mass is 353 g/mol. The molecule has 1 amide bonds. The molecule has 0 spiro atoms. The lowest BCUT2D eigenvalue weighted by molar-refractivity contribution is -0.136. The van der Waals surface area contributed by atoms with Crippen LogP contribution in [0.3, 0.4) is 0 Å². The Labute approximate surface area is 153 Å². The fraction of sp³-hybridized carbons (Fsp3) is 0.300. The number of amides is 1.